The van der Waals surface area contributed by atoms with Gasteiger partial charge in [0.15, 0.2) is 0 Å². The van der Waals surface area contributed by atoms with Gasteiger partial charge in [-0.15, -0.1) is 10.2 Å². The molecule has 2 rings (SSSR count). The first-order chi connectivity index (χ1) is 8.70. The number of rotatable bonds is 4. The minimum absolute atomic E-state index is 0.191. The predicted octanol–water partition coefficient (Wildman–Crippen LogP) is 3.49. The second-order valence-electron chi connectivity index (χ2n) is 3.37. The predicted molar refractivity (Wildman–Crippen MR) is 79.5 cm³/mol. The number of nitrogens with zero attached hydrogens (tertiary/aromatic N) is 2. The minimum Gasteiger partial charge on any atom is -0.296 e. The van der Waals surface area contributed by atoms with E-state index in [2.05, 4.69) is 47.4 Å². The van der Waals surface area contributed by atoms with Crippen LogP contribution in [0.25, 0.3) is 0 Å². The summed E-state index contributed by atoms with van der Waals surface area (Å²) >= 11 is 8.07. The zero-order valence-electron chi connectivity index (χ0n) is 9.19. The van der Waals surface area contributed by atoms with E-state index in [1.165, 1.54) is 11.3 Å². The second kappa shape index (κ2) is 6.40. The van der Waals surface area contributed by atoms with Gasteiger partial charge in [-0.3, -0.25) is 10.1 Å². The van der Waals surface area contributed by atoms with Gasteiger partial charge in [0.2, 0.25) is 5.13 Å². The van der Waals surface area contributed by atoms with Crippen LogP contribution < -0.4 is 5.32 Å². The molecule has 0 atom stereocenters. The SMILES string of the molecule is O=C(Nc1nnc(CCBr)s1)c1ccccc1Br. The summed E-state index contributed by atoms with van der Waals surface area (Å²) in [6.07, 6.45) is 0.808. The van der Waals surface area contributed by atoms with Gasteiger partial charge in [0, 0.05) is 16.2 Å². The average molecular weight is 391 g/mol. The molecule has 1 amide bonds. The normalized spacial score (nSPS) is 10.3. The van der Waals surface area contributed by atoms with Gasteiger partial charge in [-0.1, -0.05) is 39.4 Å². The minimum atomic E-state index is -0.191. The van der Waals surface area contributed by atoms with Crippen LogP contribution in [0.5, 0.6) is 0 Å². The molecule has 0 unspecified atom stereocenters. The monoisotopic (exact) mass is 389 g/mol. The van der Waals surface area contributed by atoms with Crippen molar-refractivity contribution >= 4 is 54.2 Å². The first-order valence-electron chi connectivity index (χ1n) is 5.15. The summed E-state index contributed by atoms with van der Waals surface area (Å²) in [5, 5.41) is 12.9. The van der Waals surface area contributed by atoms with Crippen molar-refractivity contribution in [1.82, 2.24) is 10.2 Å². The second-order valence-corrected chi connectivity index (χ2v) is 6.08. The standard InChI is InChI=1S/C11H9Br2N3OS/c12-6-5-9-15-16-11(18-9)14-10(17)7-3-1-2-4-8(7)13/h1-4H,5-6H2,(H,14,16,17). The molecule has 18 heavy (non-hydrogen) atoms. The Balaban J connectivity index is 2.09. The molecule has 1 heterocycles. The van der Waals surface area contributed by atoms with Crippen LogP contribution in [0.4, 0.5) is 5.13 Å². The Morgan fingerprint density at radius 1 is 1.33 bits per heavy atom. The third kappa shape index (κ3) is 3.37. The van der Waals surface area contributed by atoms with Crippen LogP contribution in [0.2, 0.25) is 0 Å². The summed E-state index contributed by atoms with van der Waals surface area (Å²) in [5.41, 5.74) is 0.578. The van der Waals surface area contributed by atoms with Crippen molar-refractivity contribution in [1.29, 1.82) is 0 Å². The smallest absolute Gasteiger partial charge is 0.258 e. The molecule has 0 fully saturated rings. The molecule has 0 saturated heterocycles. The Bertz CT molecular complexity index is 559. The molecular weight excluding hydrogens is 382 g/mol. The zero-order chi connectivity index (χ0) is 13.0. The van der Waals surface area contributed by atoms with Crippen LogP contribution >= 0.6 is 43.2 Å². The van der Waals surface area contributed by atoms with E-state index in [0.717, 1.165) is 21.2 Å². The fourth-order valence-corrected chi connectivity index (χ4v) is 3.13. The van der Waals surface area contributed by atoms with Gasteiger partial charge in [-0.05, 0) is 28.1 Å². The number of nitrogens with one attached hydrogen (secondary N) is 1. The van der Waals surface area contributed by atoms with E-state index in [9.17, 15) is 4.79 Å². The summed E-state index contributed by atoms with van der Waals surface area (Å²) < 4.78 is 0.757. The molecule has 0 aliphatic carbocycles. The first kappa shape index (κ1) is 13.6. The Morgan fingerprint density at radius 3 is 2.83 bits per heavy atom. The number of carbonyl (C=O) groups is 1. The van der Waals surface area contributed by atoms with E-state index in [4.69, 9.17) is 0 Å². The number of halogens is 2. The third-order valence-electron chi connectivity index (χ3n) is 2.11. The van der Waals surface area contributed by atoms with E-state index in [1.807, 2.05) is 18.2 Å². The van der Waals surface area contributed by atoms with Gasteiger partial charge >= 0.3 is 0 Å². The Labute approximate surface area is 125 Å². The third-order valence-corrected chi connectivity index (χ3v) is 4.10. The molecule has 4 nitrogen and oxygen atoms in total. The molecule has 94 valence electrons. The van der Waals surface area contributed by atoms with Gasteiger partial charge < -0.3 is 0 Å². The highest BCUT2D eigenvalue weighted by molar-refractivity contribution is 9.10. The van der Waals surface area contributed by atoms with Crippen LogP contribution in [0.15, 0.2) is 28.7 Å². The summed E-state index contributed by atoms with van der Waals surface area (Å²) in [6.45, 7) is 0. The van der Waals surface area contributed by atoms with Crippen molar-refractivity contribution in [2.45, 2.75) is 6.42 Å². The first-order valence-corrected chi connectivity index (χ1v) is 7.88. The maximum Gasteiger partial charge on any atom is 0.258 e. The Kier molecular flexibility index (Phi) is 4.85. The average Bonchev–Trinajstić information content (AvgIpc) is 2.77. The van der Waals surface area contributed by atoms with Crippen LogP contribution in [-0.2, 0) is 6.42 Å². The number of anilines is 1. The van der Waals surface area contributed by atoms with Crippen molar-refractivity contribution in [3.05, 3.63) is 39.3 Å². The molecule has 0 bridgehead atoms. The number of amides is 1. The fraction of sp³-hybridized carbons (Fsp3) is 0.182. The molecule has 0 radical (unpaired) electrons. The number of benzene rings is 1. The highest BCUT2D eigenvalue weighted by Gasteiger charge is 2.12. The molecule has 1 aromatic carbocycles. The topological polar surface area (TPSA) is 54.9 Å². The number of aromatic nitrogens is 2. The summed E-state index contributed by atoms with van der Waals surface area (Å²) in [5.74, 6) is -0.191. The van der Waals surface area contributed by atoms with Gasteiger partial charge in [0.25, 0.3) is 5.91 Å². The molecule has 0 aliphatic heterocycles. The zero-order valence-corrected chi connectivity index (χ0v) is 13.2. The van der Waals surface area contributed by atoms with E-state index in [1.54, 1.807) is 6.07 Å². The molecule has 1 N–H and O–H groups in total. The van der Waals surface area contributed by atoms with Crippen LogP contribution in [0.1, 0.15) is 15.4 Å². The molecule has 1 aromatic heterocycles. The number of hydrogen-bond acceptors (Lipinski definition) is 4. The van der Waals surface area contributed by atoms with Crippen LogP contribution in [-0.4, -0.2) is 21.4 Å². The van der Waals surface area contributed by atoms with E-state index < -0.39 is 0 Å². The molecule has 0 spiro atoms. The van der Waals surface area contributed by atoms with Gasteiger partial charge in [0.1, 0.15) is 5.01 Å². The number of alkyl halides is 1. The van der Waals surface area contributed by atoms with Crippen LogP contribution in [0, 0.1) is 0 Å². The van der Waals surface area contributed by atoms with Crippen LogP contribution in [0.3, 0.4) is 0 Å². The van der Waals surface area contributed by atoms with E-state index in [0.29, 0.717) is 10.7 Å². The lowest BCUT2D eigenvalue weighted by Crippen LogP contribution is -2.12. The van der Waals surface area contributed by atoms with Crippen molar-refractivity contribution in [2.24, 2.45) is 0 Å². The molecular formula is C11H9Br2N3OS. The lowest BCUT2D eigenvalue weighted by Gasteiger charge is -2.02. The van der Waals surface area contributed by atoms with Crippen molar-refractivity contribution in [3.63, 3.8) is 0 Å². The molecule has 0 saturated carbocycles. The van der Waals surface area contributed by atoms with Crippen molar-refractivity contribution in [3.8, 4) is 0 Å². The van der Waals surface area contributed by atoms with E-state index >= 15 is 0 Å². The molecule has 2 aromatic rings. The summed E-state index contributed by atoms with van der Waals surface area (Å²) in [7, 11) is 0. The molecule has 0 aliphatic rings. The van der Waals surface area contributed by atoms with Gasteiger partial charge in [-0.25, -0.2) is 0 Å². The van der Waals surface area contributed by atoms with Gasteiger partial charge in [-0.2, -0.15) is 0 Å². The summed E-state index contributed by atoms with van der Waals surface area (Å²) in [4.78, 5) is 12.0. The lowest BCUT2D eigenvalue weighted by atomic mass is 10.2. The highest BCUT2D eigenvalue weighted by atomic mass is 79.9. The van der Waals surface area contributed by atoms with Crippen molar-refractivity contribution < 1.29 is 4.79 Å². The highest BCUT2D eigenvalue weighted by Crippen LogP contribution is 2.20. The lowest BCUT2D eigenvalue weighted by molar-refractivity contribution is 0.102. The largest absolute Gasteiger partial charge is 0.296 e. The van der Waals surface area contributed by atoms with E-state index in [-0.39, 0.29) is 5.91 Å². The Morgan fingerprint density at radius 2 is 2.11 bits per heavy atom. The maximum atomic E-state index is 12.0. The van der Waals surface area contributed by atoms with Gasteiger partial charge in [0.05, 0.1) is 5.56 Å². The fourth-order valence-electron chi connectivity index (χ4n) is 1.30. The quantitative estimate of drug-likeness (QED) is 0.813. The number of hydrogen-bond donors (Lipinski definition) is 1. The number of carbonyl (C=O) groups excluding carboxylic acids is 1. The summed E-state index contributed by atoms with van der Waals surface area (Å²) in [6, 6.07) is 7.25. The number of aryl methyl sites for hydroxylation is 1. The maximum absolute atomic E-state index is 12.0. The Hall–Kier alpha value is -0.790. The molecule has 7 heteroatoms. The van der Waals surface area contributed by atoms with Crippen molar-refractivity contribution in [2.75, 3.05) is 10.6 Å².